The van der Waals surface area contributed by atoms with Crippen molar-refractivity contribution in [2.24, 2.45) is 50.2 Å². The van der Waals surface area contributed by atoms with Crippen molar-refractivity contribution in [3.05, 3.63) is 11.6 Å². The van der Waals surface area contributed by atoms with Crippen LogP contribution in [0.15, 0.2) is 11.6 Å². The molecular formula is C36H58O10. The van der Waals surface area contributed by atoms with Gasteiger partial charge in [-0.15, -0.1) is 0 Å². The van der Waals surface area contributed by atoms with Gasteiger partial charge in [-0.3, -0.25) is 4.79 Å². The zero-order valence-electron chi connectivity index (χ0n) is 28.6. The fourth-order valence-corrected chi connectivity index (χ4v) is 12.4. The van der Waals surface area contributed by atoms with Gasteiger partial charge in [0.25, 0.3) is 0 Å². The van der Waals surface area contributed by atoms with Crippen molar-refractivity contribution in [3.8, 4) is 0 Å². The molecule has 4 saturated carbocycles. The molecule has 0 bridgehead atoms. The molecule has 0 aromatic rings. The minimum absolute atomic E-state index is 0.0310. The summed E-state index contributed by atoms with van der Waals surface area (Å²) < 4.78 is 12.0. The van der Waals surface area contributed by atoms with Gasteiger partial charge in [-0.05, 0) is 97.7 Å². The first kappa shape index (κ1) is 34.7. The molecule has 7 N–H and O–H groups in total. The van der Waals surface area contributed by atoms with Gasteiger partial charge in [0.2, 0.25) is 0 Å². The summed E-state index contributed by atoms with van der Waals surface area (Å²) in [5.74, 6) is -1.12. The Hall–Kier alpha value is -1.11. The lowest BCUT2D eigenvalue weighted by molar-refractivity contribution is -0.341. The first-order valence-corrected chi connectivity index (χ1v) is 17.5. The number of carboxylic acid groups (broad SMARTS) is 1. The minimum Gasteiger partial charge on any atom is -0.481 e. The van der Waals surface area contributed by atoms with E-state index in [1.54, 1.807) is 6.92 Å². The number of allylic oxidation sites excluding steroid dienone is 2. The second kappa shape index (κ2) is 10.9. The molecule has 0 amide bonds. The summed E-state index contributed by atoms with van der Waals surface area (Å²) in [7, 11) is 0. The average Bonchev–Trinajstić information content (AvgIpc) is 2.96. The molecule has 10 nitrogen and oxygen atoms in total. The van der Waals surface area contributed by atoms with Crippen LogP contribution in [0.25, 0.3) is 0 Å². The Kier molecular flexibility index (Phi) is 8.27. The summed E-state index contributed by atoms with van der Waals surface area (Å²) in [6, 6.07) is 0. The second-order valence-electron chi connectivity index (χ2n) is 18.0. The fraction of sp³-hybridized carbons (Fsp3) is 0.917. The predicted molar refractivity (Wildman–Crippen MR) is 168 cm³/mol. The monoisotopic (exact) mass is 650 g/mol. The van der Waals surface area contributed by atoms with Crippen molar-refractivity contribution >= 4 is 5.97 Å². The Balaban J connectivity index is 1.36. The van der Waals surface area contributed by atoms with Gasteiger partial charge in [-0.1, -0.05) is 53.2 Å². The molecule has 0 unspecified atom stereocenters. The molecule has 0 aromatic carbocycles. The Morgan fingerprint density at radius 3 is 2.22 bits per heavy atom. The van der Waals surface area contributed by atoms with Gasteiger partial charge < -0.3 is 45.2 Å². The second-order valence-corrected chi connectivity index (χ2v) is 18.0. The summed E-state index contributed by atoms with van der Waals surface area (Å²) in [6.07, 6.45) is -1.95. The zero-order valence-corrected chi connectivity index (χ0v) is 28.6. The zero-order chi connectivity index (χ0) is 34.0. The maximum Gasteiger partial charge on any atom is 0.312 e. The fourth-order valence-electron chi connectivity index (χ4n) is 12.4. The number of fused-ring (bicyclic) bond motifs is 7. The van der Waals surface area contributed by atoms with Gasteiger partial charge >= 0.3 is 5.97 Å². The topological polar surface area (TPSA) is 177 Å². The summed E-state index contributed by atoms with van der Waals surface area (Å²) in [4.78, 5) is 13.0. The minimum atomic E-state index is -1.52. The highest BCUT2D eigenvalue weighted by molar-refractivity contribution is 5.77. The van der Waals surface area contributed by atoms with Gasteiger partial charge in [0, 0.05) is 5.41 Å². The highest BCUT2D eigenvalue weighted by Gasteiger charge is 2.72. The molecule has 1 heterocycles. The van der Waals surface area contributed by atoms with Crippen LogP contribution < -0.4 is 0 Å². The number of hydrogen-bond donors (Lipinski definition) is 7. The lowest BCUT2D eigenvalue weighted by atomic mass is 9.33. The summed E-state index contributed by atoms with van der Waals surface area (Å²) in [5.41, 5.74) is -2.10. The van der Waals surface area contributed by atoms with E-state index in [1.807, 2.05) is 6.92 Å². The molecule has 1 saturated heterocycles. The predicted octanol–water partition coefficient (Wildman–Crippen LogP) is 3.00. The van der Waals surface area contributed by atoms with E-state index in [4.69, 9.17) is 9.47 Å². The number of hydrogen-bond acceptors (Lipinski definition) is 9. The van der Waals surface area contributed by atoms with E-state index in [0.717, 1.165) is 32.1 Å². The van der Waals surface area contributed by atoms with E-state index in [2.05, 4.69) is 40.7 Å². The van der Waals surface area contributed by atoms with Crippen LogP contribution in [0.2, 0.25) is 0 Å². The van der Waals surface area contributed by atoms with E-state index < -0.39 is 76.6 Å². The van der Waals surface area contributed by atoms with Crippen LogP contribution in [0.5, 0.6) is 0 Å². The third-order valence-electron chi connectivity index (χ3n) is 15.2. The number of aliphatic hydroxyl groups excluding tert-OH is 6. The Morgan fingerprint density at radius 2 is 1.59 bits per heavy atom. The van der Waals surface area contributed by atoms with E-state index in [1.165, 1.54) is 5.57 Å². The molecule has 0 spiro atoms. The van der Waals surface area contributed by atoms with Gasteiger partial charge in [0.15, 0.2) is 6.29 Å². The number of aliphatic hydroxyl groups is 6. The SMILES string of the molecule is C[C@@H]1O[C@@H](O[C@H]2[C@@H](O)C[C@@]3(C)[C@@H](CC[C@]4(C)[C@@H]3CC=C3[C@@H]5CC(C)(C)CC[C@]5(C(=O)O)[C@@H](O)C[C@]34C)[C@]2(C)CO)[C@H](O)[C@H](O)[C@H]1O. The van der Waals surface area contributed by atoms with Gasteiger partial charge in [-0.2, -0.15) is 0 Å². The van der Waals surface area contributed by atoms with Crippen LogP contribution in [0, 0.1) is 50.2 Å². The Morgan fingerprint density at radius 1 is 0.913 bits per heavy atom. The van der Waals surface area contributed by atoms with Crippen LogP contribution >= 0.6 is 0 Å². The number of rotatable bonds is 4. The lowest BCUT2D eigenvalue weighted by Gasteiger charge is -2.72. The molecule has 1 aliphatic heterocycles. The Bertz CT molecular complexity index is 1250. The molecule has 262 valence electrons. The number of carboxylic acids is 1. The van der Waals surface area contributed by atoms with Crippen molar-refractivity contribution in [2.45, 2.75) is 149 Å². The average molecular weight is 651 g/mol. The molecule has 6 aliphatic rings. The molecule has 5 fully saturated rings. The molecule has 46 heavy (non-hydrogen) atoms. The van der Waals surface area contributed by atoms with Crippen LogP contribution in [0.3, 0.4) is 0 Å². The van der Waals surface area contributed by atoms with Crippen molar-refractivity contribution < 1.29 is 50.0 Å². The largest absolute Gasteiger partial charge is 0.481 e. The summed E-state index contributed by atoms with van der Waals surface area (Å²) in [5, 5.41) is 76.7. The molecule has 10 heteroatoms. The highest BCUT2D eigenvalue weighted by Crippen LogP contribution is 2.76. The maximum absolute atomic E-state index is 13.0. The first-order chi connectivity index (χ1) is 21.2. The van der Waals surface area contributed by atoms with Gasteiger partial charge in [-0.25, -0.2) is 0 Å². The Labute approximate surface area is 273 Å². The maximum atomic E-state index is 13.0. The standard InChI is InChI=1S/C36H58O10/c1-18-25(40)26(41)27(42)29(45-18)46-28-21(38)15-32(4)22(33(28,5)17-37)10-11-34(6)23(32)9-8-19-20-14-31(2,3)12-13-36(20,30(43)44)24(39)16-35(19,34)7/h8,18,20-29,37-42H,9-17H2,1-7H3,(H,43,44)/t18-,20-,21-,22+,23+,24-,25-,26+,27+,28-,29-,32-,33-,34+,35+,36+/m0/s1. The molecule has 5 aliphatic carbocycles. The number of aliphatic carboxylic acids is 1. The van der Waals surface area contributed by atoms with E-state index in [0.29, 0.717) is 19.3 Å². The van der Waals surface area contributed by atoms with Crippen molar-refractivity contribution in [1.82, 2.24) is 0 Å². The summed E-state index contributed by atoms with van der Waals surface area (Å²) >= 11 is 0. The smallest absolute Gasteiger partial charge is 0.312 e. The van der Waals surface area contributed by atoms with Crippen LogP contribution in [-0.2, 0) is 14.3 Å². The van der Waals surface area contributed by atoms with Crippen molar-refractivity contribution in [1.29, 1.82) is 0 Å². The van der Waals surface area contributed by atoms with Crippen LogP contribution in [-0.4, -0.2) is 97.3 Å². The van der Waals surface area contributed by atoms with E-state index in [-0.39, 0.29) is 35.2 Å². The normalized spacial score (nSPS) is 56.5. The van der Waals surface area contributed by atoms with Gasteiger partial charge in [0.05, 0.1) is 31.0 Å². The molecule has 16 atom stereocenters. The lowest BCUT2D eigenvalue weighted by Crippen LogP contribution is -2.70. The number of ether oxygens (including phenoxy) is 2. The third-order valence-corrected chi connectivity index (χ3v) is 15.2. The van der Waals surface area contributed by atoms with Crippen LogP contribution in [0.4, 0.5) is 0 Å². The summed E-state index contributed by atoms with van der Waals surface area (Å²) in [6.45, 7) is 14.4. The van der Waals surface area contributed by atoms with E-state index >= 15 is 0 Å². The molecule has 0 aromatic heterocycles. The van der Waals surface area contributed by atoms with Crippen LogP contribution in [0.1, 0.15) is 99.8 Å². The van der Waals surface area contributed by atoms with Crippen molar-refractivity contribution in [2.75, 3.05) is 6.61 Å². The first-order valence-electron chi connectivity index (χ1n) is 17.5. The van der Waals surface area contributed by atoms with Crippen molar-refractivity contribution in [3.63, 3.8) is 0 Å². The quantitative estimate of drug-likeness (QED) is 0.177. The number of carbonyl (C=O) groups is 1. The van der Waals surface area contributed by atoms with E-state index in [9.17, 15) is 40.5 Å². The molecule has 0 radical (unpaired) electrons. The van der Waals surface area contributed by atoms with Gasteiger partial charge in [0.1, 0.15) is 23.7 Å². The third kappa shape index (κ3) is 4.46. The molecule has 6 rings (SSSR count). The molecular weight excluding hydrogens is 592 g/mol. The highest BCUT2D eigenvalue weighted by atomic mass is 16.7.